The summed E-state index contributed by atoms with van der Waals surface area (Å²) >= 11 is 3.39. The molecular formula is C14H18BrN3O. The SMILES string of the molecule is CCN1CCOC(CNc2ccc(C#N)c(Br)c2)C1. The van der Waals surface area contributed by atoms with Gasteiger partial charge in [0.1, 0.15) is 6.07 Å². The smallest absolute Gasteiger partial charge is 0.100 e. The van der Waals surface area contributed by atoms with E-state index in [0.29, 0.717) is 5.56 Å². The molecule has 1 unspecified atom stereocenters. The lowest BCUT2D eigenvalue weighted by Crippen LogP contribution is -2.45. The van der Waals surface area contributed by atoms with Gasteiger partial charge in [0.25, 0.3) is 0 Å². The summed E-state index contributed by atoms with van der Waals surface area (Å²) in [6, 6.07) is 7.80. The normalized spacial score (nSPS) is 19.9. The minimum Gasteiger partial charge on any atom is -0.382 e. The minimum absolute atomic E-state index is 0.225. The number of benzene rings is 1. The number of likely N-dealkylation sites (N-methyl/N-ethyl adjacent to an activating group) is 1. The number of nitriles is 1. The highest BCUT2D eigenvalue weighted by Gasteiger charge is 2.18. The van der Waals surface area contributed by atoms with Crippen LogP contribution in [0.4, 0.5) is 5.69 Å². The monoisotopic (exact) mass is 323 g/mol. The van der Waals surface area contributed by atoms with Gasteiger partial charge in [0.15, 0.2) is 0 Å². The van der Waals surface area contributed by atoms with E-state index >= 15 is 0 Å². The molecule has 0 aromatic heterocycles. The molecule has 4 nitrogen and oxygen atoms in total. The number of ether oxygens (including phenoxy) is 1. The molecule has 0 aliphatic carbocycles. The maximum Gasteiger partial charge on any atom is 0.100 e. The molecule has 0 spiro atoms. The number of hydrogen-bond donors (Lipinski definition) is 1. The molecule has 1 fully saturated rings. The van der Waals surface area contributed by atoms with E-state index in [1.807, 2.05) is 18.2 Å². The molecule has 5 heteroatoms. The van der Waals surface area contributed by atoms with Crippen LogP contribution in [0.1, 0.15) is 12.5 Å². The Balaban J connectivity index is 1.88. The zero-order valence-electron chi connectivity index (χ0n) is 11.0. The predicted octanol–water partition coefficient (Wildman–Crippen LogP) is 2.45. The Hall–Kier alpha value is -1.09. The lowest BCUT2D eigenvalue weighted by Gasteiger charge is -2.32. The summed E-state index contributed by atoms with van der Waals surface area (Å²) in [7, 11) is 0. The second-order valence-electron chi connectivity index (χ2n) is 4.57. The molecule has 0 saturated carbocycles. The second kappa shape index (κ2) is 6.90. The lowest BCUT2D eigenvalue weighted by atomic mass is 10.2. The van der Waals surface area contributed by atoms with E-state index in [9.17, 15) is 0 Å². The summed E-state index contributed by atoms with van der Waals surface area (Å²) < 4.78 is 6.56. The Bertz CT molecular complexity index is 472. The second-order valence-corrected chi connectivity index (χ2v) is 5.43. The zero-order valence-corrected chi connectivity index (χ0v) is 12.6. The summed E-state index contributed by atoms with van der Waals surface area (Å²) in [5.74, 6) is 0. The van der Waals surface area contributed by atoms with E-state index in [4.69, 9.17) is 10.00 Å². The highest BCUT2D eigenvalue weighted by molar-refractivity contribution is 9.10. The van der Waals surface area contributed by atoms with Gasteiger partial charge in [0.05, 0.1) is 18.3 Å². The molecule has 2 rings (SSSR count). The van der Waals surface area contributed by atoms with Crippen molar-refractivity contribution in [1.82, 2.24) is 4.90 Å². The van der Waals surface area contributed by atoms with Crippen LogP contribution in [0.3, 0.4) is 0 Å². The van der Waals surface area contributed by atoms with Gasteiger partial charge in [-0.3, -0.25) is 4.90 Å². The van der Waals surface area contributed by atoms with E-state index in [2.05, 4.69) is 39.1 Å². The molecular weight excluding hydrogens is 306 g/mol. The van der Waals surface area contributed by atoms with Crippen molar-refractivity contribution in [3.8, 4) is 6.07 Å². The van der Waals surface area contributed by atoms with E-state index < -0.39 is 0 Å². The van der Waals surface area contributed by atoms with Gasteiger partial charge >= 0.3 is 0 Å². The van der Waals surface area contributed by atoms with Gasteiger partial charge in [0, 0.05) is 29.8 Å². The third-order valence-electron chi connectivity index (χ3n) is 3.29. The number of anilines is 1. The summed E-state index contributed by atoms with van der Waals surface area (Å²) in [6.07, 6.45) is 0.225. The number of halogens is 1. The Morgan fingerprint density at radius 2 is 2.42 bits per heavy atom. The van der Waals surface area contributed by atoms with Crippen LogP contribution in [-0.2, 0) is 4.74 Å². The molecule has 1 N–H and O–H groups in total. The Kier molecular flexibility index (Phi) is 5.20. The lowest BCUT2D eigenvalue weighted by molar-refractivity contribution is -0.0191. The van der Waals surface area contributed by atoms with Crippen molar-refractivity contribution in [1.29, 1.82) is 5.26 Å². The van der Waals surface area contributed by atoms with Gasteiger partial charge in [-0.05, 0) is 40.7 Å². The highest BCUT2D eigenvalue weighted by Crippen LogP contribution is 2.21. The molecule has 102 valence electrons. The maximum atomic E-state index is 8.87. The van der Waals surface area contributed by atoms with Crippen molar-refractivity contribution < 1.29 is 4.74 Å². The molecule has 0 amide bonds. The van der Waals surface area contributed by atoms with Crippen molar-refractivity contribution >= 4 is 21.6 Å². The first-order chi connectivity index (χ1) is 9.22. The van der Waals surface area contributed by atoms with Crippen LogP contribution in [0.15, 0.2) is 22.7 Å². The van der Waals surface area contributed by atoms with Crippen molar-refractivity contribution in [2.24, 2.45) is 0 Å². The quantitative estimate of drug-likeness (QED) is 0.924. The Labute approximate surface area is 122 Å². The van der Waals surface area contributed by atoms with E-state index in [-0.39, 0.29) is 6.10 Å². The van der Waals surface area contributed by atoms with Crippen molar-refractivity contribution in [3.05, 3.63) is 28.2 Å². The molecule has 1 heterocycles. The standard InChI is InChI=1S/C14H18BrN3O/c1-2-18-5-6-19-13(10-18)9-17-12-4-3-11(8-16)14(15)7-12/h3-4,7,13,17H,2,5-6,9-10H2,1H3. The third kappa shape index (κ3) is 3.93. The summed E-state index contributed by atoms with van der Waals surface area (Å²) in [5, 5.41) is 12.2. The van der Waals surface area contributed by atoms with Crippen molar-refractivity contribution in [3.63, 3.8) is 0 Å². The number of nitrogens with one attached hydrogen (secondary N) is 1. The minimum atomic E-state index is 0.225. The van der Waals surface area contributed by atoms with Crippen LogP contribution in [-0.4, -0.2) is 43.8 Å². The molecule has 1 aromatic rings. The van der Waals surface area contributed by atoms with Gasteiger partial charge in [-0.25, -0.2) is 0 Å². The van der Waals surface area contributed by atoms with Gasteiger partial charge in [0.2, 0.25) is 0 Å². The van der Waals surface area contributed by atoms with Gasteiger partial charge in [-0.2, -0.15) is 5.26 Å². The molecule has 0 bridgehead atoms. The van der Waals surface area contributed by atoms with Crippen molar-refractivity contribution in [2.45, 2.75) is 13.0 Å². The van der Waals surface area contributed by atoms with Crippen LogP contribution in [0, 0.1) is 11.3 Å². The maximum absolute atomic E-state index is 8.87. The first kappa shape index (κ1) is 14.3. The third-order valence-corrected chi connectivity index (χ3v) is 3.95. The van der Waals surface area contributed by atoms with Crippen LogP contribution in [0.2, 0.25) is 0 Å². The fourth-order valence-corrected chi connectivity index (χ4v) is 2.61. The van der Waals surface area contributed by atoms with Crippen LogP contribution < -0.4 is 5.32 Å². The van der Waals surface area contributed by atoms with Crippen LogP contribution in [0.5, 0.6) is 0 Å². The summed E-state index contributed by atoms with van der Waals surface area (Å²) in [6.45, 7) is 6.83. The molecule has 0 radical (unpaired) electrons. The van der Waals surface area contributed by atoms with Crippen LogP contribution >= 0.6 is 15.9 Å². The highest BCUT2D eigenvalue weighted by atomic mass is 79.9. The fraction of sp³-hybridized carbons (Fsp3) is 0.500. The van der Waals surface area contributed by atoms with Gasteiger partial charge in [-0.15, -0.1) is 0 Å². The number of nitrogens with zero attached hydrogens (tertiary/aromatic N) is 2. The molecule has 1 atom stereocenters. The van der Waals surface area contributed by atoms with Crippen LogP contribution in [0.25, 0.3) is 0 Å². The number of hydrogen-bond acceptors (Lipinski definition) is 4. The number of morpholine rings is 1. The Morgan fingerprint density at radius 1 is 1.58 bits per heavy atom. The summed E-state index contributed by atoms with van der Waals surface area (Å²) in [5.41, 5.74) is 1.65. The topological polar surface area (TPSA) is 48.3 Å². The molecule has 19 heavy (non-hydrogen) atoms. The first-order valence-corrected chi connectivity index (χ1v) is 7.29. The molecule has 1 aliphatic heterocycles. The van der Waals surface area contributed by atoms with E-state index in [1.165, 1.54) is 0 Å². The average Bonchev–Trinajstić information content (AvgIpc) is 2.45. The van der Waals surface area contributed by atoms with Gasteiger partial charge < -0.3 is 10.1 Å². The van der Waals surface area contributed by atoms with E-state index in [1.54, 1.807) is 0 Å². The largest absolute Gasteiger partial charge is 0.382 e. The summed E-state index contributed by atoms with van der Waals surface area (Å²) in [4.78, 5) is 2.39. The molecule has 1 saturated heterocycles. The van der Waals surface area contributed by atoms with E-state index in [0.717, 1.165) is 42.9 Å². The Morgan fingerprint density at radius 3 is 3.11 bits per heavy atom. The predicted molar refractivity (Wildman–Crippen MR) is 79.2 cm³/mol. The zero-order chi connectivity index (χ0) is 13.7. The fourth-order valence-electron chi connectivity index (χ4n) is 2.14. The molecule has 1 aliphatic rings. The molecule has 1 aromatic carbocycles. The first-order valence-electron chi connectivity index (χ1n) is 6.50. The van der Waals surface area contributed by atoms with Gasteiger partial charge in [-0.1, -0.05) is 6.92 Å². The van der Waals surface area contributed by atoms with Crippen molar-refractivity contribution in [2.75, 3.05) is 38.1 Å². The number of rotatable bonds is 4. The average molecular weight is 324 g/mol.